The summed E-state index contributed by atoms with van der Waals surface area (Å²) in [5.41, 5.74) is 3.26. The van der Waals surface area contributed by atoms with Crippen molar-refractivity contribution < 1.29 is 4.79 Å². The second kappa shape index (κ2) is 4.70. The molecule has 90 valence electrons. The van der Waals surface area contributed by atoms with E-state index >= 15 is 0 Å². The topological polar surface area (TPSA) is 32.7 Å². The van der Waals surface area contributed by atoms with Gasteiger partial charge in [-0.2, -0.15) is 5.10 Å². The van der Waals surface area contributed by atoms with Crippen LogP contribution >= 0.6 is 0 Å². The van der Waals surface area contributed by atoms with Gasteiger partial charge in [-0.15, -0.1) is 0 Å². The first-order valence-electron chi connectivity index (χ1n) is 5.99. The minimum atomic E-state index is 0.0613. The van der Waals surface area contributed by atoms with Crippen LogP contribution in [0.5, 0.6) is 0 Å². The van der Waals surface area contributed by atoms with E-state index < -0.39 is 0 Å². The molecule has 1 amide bonds. The standard InChI is InChI=1S/C14H18N2O/c1-10(2)8-11-4-6-12(7-5-11)13-9-14(17)16(3)15-13/h4-7,10H,8-9H2,1-3H3. The third kappa shape index (κ3) is 2.73. The second-order valence-corrected chi connectivity index (χ2v) is 4.94. The maximum absolute atomic E-state index is 11.4. The van der Waals surface area contributed by atoms with Gasteiger partial charge in [0.2, 0.25) is 5.91 Å². The van der Waals surface area contributed by atoms with Gasteiger partial charge in [-0.1, -0.05) is 38.1 Å². The number of nitrogens with zero attached hydrogens (tertiary/aromatic N) is 2. The predicted octanol–water partition coefficient (Wildman–Crippen LogP) is 2.45. The van der Waals surface area contributed by atoms with Gasteiger partial charge in [0.05, 0.1) is 12.1 Å². The van der Waals surface area contributed by atoms with Crippen LogP contribution in [-0.4, -0.2) is 23.7 Å². The summed E-state index contributed by atoms with van der Waals surface area (Å²) >= 11 is 0. The second-order valence-electron chi connectivity index (χ2n) is 4.94. The molecule has 1 heterocycles. The van der Waals surface area contributed by atoms with Crippen molar-refractivity contribution in [2.24, 2.45) is 11.0 Å². The minimum Gasteiger partial charge on any atom is -0.273 e. The molecule has 1 aliphatic rings. The highest BCUT2D eigenvalue weighted by atomic mass is 16.2. The van der Waals surface area contributed by atoms with Crippen LogP contribution in [0.3, 0.4) is 0 Å². The lowest BCUT2D eigenvalue weighted by Crippen LogP contribution is -2.14. The smallest absolute Gasteiger partial charge is 0.248 e. The fourth-order valence-corrected chi connectivity index (χ4v) is 1.99. The summed E-state index contributed by atoms with van der Waals surface area (Å²) < 4.78 is 0. The molecule has 0 spiro atoms. The van der Waals surface area contributed by atoms with Crippen LogP contribution in [0.1, 0.15) is 31.4 Å². The van der Waals surface area contributed by atoms with Crippen molar-refractivity contribution in [3.63, 3.8) is 0 Å². The maximum atomic E-state index is 11.4. The number of carbonyl (C=O) groups excluding carboxylic acids is 1. The summed E-state index contributed by atoms with van der Waals surface area (Å²) in [4.78, 5) is 11.4. The Morgan fingerprint density at radius 3 is 2.41 bits per heavy atom. The van der Waals surface area contributed by atoms with Crippen molar-refractivity contribution in [1.82, 2.24) is 5.01 Å². The maximum Gasteiger partial charge on any atom is 0.248 e. The molecule has 0 radical (unpaired) electrons. The molecule has 0 aromatic heterocycles. The van der Waals surface area contributed by atoms with E-state index in [1.807, 2.05) is 0 Å². The van der Waals surface area contributed by atoms with E-state index in [0.717, 1.165) is 17.7 Å². The van der Waals surface area contributed by atoms with Gasteiger partial charge in [0.25, 0.3) is 0 Å². The lowest BCUT2D eigenvalue weighted by Gasteiger charge is -2.05. The van der Waals surface area contributed by atoms with Crippen molar-refractivity contribution in [3.8, 4) is 0 Å². The Bertz CT molecular complexity index is 446. The first-order valence-corrected chi connectivity index (χ1v) is 5.99. The van der Waals surface area contributed by atoms with Crippen LogP contribution in [0.2, 0.25) is 0 Å². The third-order valence-electron chi connectivity index (χ3n) is 2.88. The zero-order valence-corrected chi connectivity index (χ0v) is 10.6. The minimum absolute atomic E-state index is 0.0613. The molecule has 0 aliphatic carbocycles. The zero-order chi connectivity index (χ0) is 12.4. The summed E-state index contributed by atoms with van der Waals surface area (Å²) in [5, 5.41) is 5.64. The molecular weight excluding hydrogens is 212 g/mol. The molecule has 1 aromatic carbocycles. The largest absolute Gasteiger partial charge is 0.273 e. The van der Waals surface area contributed by atoms with Crippen LogP contribution in [0.25, 0.3) is 0 Å². The Morgan fingerprint density at radius 1 is 1.29 bits per heavy atom. The first-order chi connectivity index (χ1) is 8.06. The van der Waals surface area contributed by atoms with Crippen LogP contribution in [0.15, 0.2) is 29.4 Å². The number of amides is 1. The number of hydrazone groups is 1. The number of hydrogen-bond donors (Lipinski definition) is 0. The molecule has 1 aromatic rings. The van der Waals surface area contributed by atoms with Gasteiger partial charge in [-0.3, -0.25) is 4.79 Å². The van der Waals surface area contributed by atoms with Crippen LogP contribution in [-0.2, 0) is 11.2 Å². The molecule has 0 saturated heterocycles. The summed E-state index contributed by atoms with van der Waals surface area (Å²) in [6, 6.07) is 8.37. The van der Waals surface area contributed by atoms with Gasteiger partial charge in [-0.05, 0) is 23.5 Å². The Balaban J connectivity index is 2.14. The summed E-state index contributed by atoms with van der Waals surface area (Å²) in [5.74, 6) is 0.726. The quantitative estimate of drug-likeness (QED) is 0.785. The van der Waals surface area contributed by atoms with E-state index in [4.69, 9.17) is 0 Å². The van der Waals surface area contributed by atoms with Gasteiger partial charge in [-0.25, -0.2) is 5.01 Å². The van der Waals surface area contributed by atoms with Gasteiger partial charge in [0.1, 0.15) is 0 Å². The van der Waals surface area contributed by atoms with Crippen LogP contribution in [0.4, 0.5) is 0 Å². The lowest BCUT2D eigenvalue weighted by atomic mass is 10.00. The lowest BCUT2D eigenvalue weighted by molar-refractivity contribution is -0.127. The first kappa shape index (κ1) is 11.8. The monoisotopic (exact) mass is 230 g/mol. The molecule has 3 heteroatoms. The predicted molar refractivity (Wildman–Crippen MR) is 68.9 cm³/mol. The Morgan fingerprint density at radius 2 is 1.94 bits per heavy atom. The molecular formula is C14H18N2O. The SMILES string of the molecule is CC(C)Cc1ccc(C2=NN(C)C(=O)C2)cc1. The van der Waals surface area contributed by atoms with Crippen LogP contribution < -0.4 is 0 Å². The van der Waals surface area contributed by atoms with E-state index in [-0.39, 0.29) is 5.91 Å². The summed E-state index contributed by atoms with van der Waals surface area (Å²) in [7, 11) is 1.70. The summed E-state index contributed by atoms with van der Waals surface area (Å²) in [6.45, 7) is 4.42. The Labute approximate surface area is 102 Å². The van der Waals surface area contributed by atoms with Crippen molar-refractivity contribution in [3.05, 3.63) is 35.4 Å². The van der Waals surface area contributed by atoms with Crippen LogP contribution in [0, 0.1) is 5.92 Å². The van der Waals surface area contributed by atoms with E-state index in [1.54, 1.807) is 7.05 Å². The van der Waals surface area contributed by atoms with E-state index in [2.05, 4.69) is 43.2 Å². The molecule has 0 unspecified atom stereocenters. The molecule has 2 rings (SSSR count). The van der Waals surface area contributed by atoms with E-state index in [9.17, 15) is 4.79 Å². The highest BCUT2D eigenvalue weighted by Gasteiger charge is 2.21. The molecule has 0 N–H and O–H groups in total. The van der Waals surface area contributed by atoms with Gasteiger partial charge >= 0.3 is 0 Å². The number of carbonyl (C=O) groups is 1. The Kier molecular flexibility index (Phi) is 3.27. The molecule has 0 atom stereocenters. The molecule has 0 saturated carbocycles. The average molecular weight is 230 g/mol. The Hall–Kier alpha value is -1.64. The molecule has 0 bridgehead atoms. The normalized spacial score (nSPS) is 15.6. The van der Waals surface area contributed by atoms with Crippen molar-refractivity contribution in [2.75, 3.05) is 7.05 Å². The van der Waals surface area contributed by atoms with Crippen molar-refractivity contribution in [2.45, 2.75) is 26.7 Å². The fraction of sp³-hybridized carbons (Fsp3) is 0.429. The van der Waals surface area contributed by atoms with E-state index in [0.29, 0.717) is 12.3 Å². The van der Waals surface area contributed by atoms with Crippen molar-refractivity contribution in [1.29, 1.82) is 0 Å². The molecule has 3 nitrogen and oxygen atoms in total. The molecule has 17 heavy (non-hydrogen) atoms. The van der Waals surface area contributed by atoms with Gasteiger partial charge in [0, 0.05) is 7.05 Å². The highest BCUT2D eigenvalue weighted by Crippen LogP contribution is 2.15. The molecule has 1 aliphatic heterocycles. The fourth-order valence-electron chi connectivity index (χ4n) is 1.99. The number of rotatable bonds is 3. The highest BCUT2D eigenvalue weighted by molar-refractivity contribution is 6.13. The number of hydrogen-bond acceptors (Lipinski definition) is 2. The van der Waals surface area contributed by atoms with Gasteiger partial charge in [0.15, 0.2) is 0 Å². The van der Waals surface area contributed by atoms with E-state index in [1.165, 1.54) is 10.6 Å². The molecule has 0 fully saturated rings. The van der Waals surface area contributed by atoms with Gasteiger partial charge < -0.3 is 0 Å². The van der Waals surface area contributed by atoms with Crippen molar-refractivity contribution >= 4 is 11.6 Å². The zero-order valence-electron chi connectivity index (χ0n) is 10.6. The third-order valence-corrected chi connectivity index (χ3v) is 2.88. The summed E-state index contributed by atoms with van der Waals surface area (Å²) in [6.07, 6.45) is 1.51. The number of benzene rings is 1. The average Bonchev–Trinajstić information content (AvgIpc) is 2.59.